The first-order chi connectivity index (χ1) is 7.25. The number of fused-ring (bicyclic) bond motifs is 1. The first-order valence-corrected chi connectivity index (χ1v) is 5.30. The Morgan fingerprint density at radius 2 is 2.19 bits per heavy atom. The topological polar surface area (TPSA) is 76.4 Å². The number of aliphatic hydroxyl groups is 1. The first kappa shape index (κ1) is 11.2. The van der Waals surface area contributed by atoms with Gasteiger partial charge in [-0.2, -0.15) is 5.10 Å². The lowest BCUT2D eigenvalue weighted by atomic mass is 9.97. The summed E-state index contributed by atoms with van der Waals surface area (Å²) in [5.41, 5.74) is -1.51. The lowest BCUT2D eigenvalue weighted by Crippen LogP contribution is -2.56. The molecule has 90 valence electrons. The van der Waals surface area contributed by atoms with Crippen LogP contribution in [0.3, 0.4) is 0 Å². The highest BCUT2D eigenvalue weighted by molar-refractivity contribution is 5.71. The van der Waals surface area contributed by atoms with E-state index in [4.69, 9.17) is 5.11 Å². The molecule has 2 aliphatic rings. The van der Waals surface area contributed by atoms with E-state index in [-0.39, 0.29) is 18.0 Å². The summed E-state index contributed by atoms with van der Waals surface area (Å²) in [5.74, 6) is -0.233. The lowest BCUT2D eigenvalue weighted by molar-refractivity contribution is -0.137. The Morgan fingerprint density at radius 3 is 2.69 bits per heavy atom. The molecule has 2 rings (SSSR count). The zero-order valence-corrected chi connectivity index (χ0v) is 9.71. The van der Waals surface area contributed by atoms with Crippen molar-refractivity contribution in [1.29, 1.82) is 0 Å². The minimum Gasteiger partial charge on any atom is -0.465 e. The molecule has 2 heterocycles. The normalized spacial score (nSPS) is 33.4. The molecule has 2 unspecified atom stereocenters. The van der Waals surface area contributed by atoms with Gasteiger partial charge in [0, 0.05) is 12.8 Å². The van der Waals surface area contributed by atoms with Crippen LogP contribution in [-0.2, 0) is 0 Å². The van der Waals surface area contributed by atoms with Gasteiger partial charge in [0.05, 0.1) is 18.0 Å². The number of hydrazone groups is 1. The van der Waals surface area contributed by atoms with E-state index in [9.17, 15) is 9.90 Å². The smallest absolute Gasteiger partial charge is 0.407 e. The zero-order chi connectivity index (χ0) is 12.1. The molecular weight excluding hydrogens is 210 g/mol. The van der Waals surface area contributed by atoms with E-state index in [1.54, 1.807) is 11.2 Å². The maximum Gasteiger partial charge on any atom is 0.407 e. The Labute approximate surface area is 94.1 Å². The first-order valence-electron chi connectivity index (χ1n) is 5.30. The van der Waals surface area contributed by atoms with Gasteiger partial charge in [-0.15, -0.1) is 0 Å². The molecule has 2 aliphatic heterocycles. The number of β-amino-alcohol motifs (C(OH)–C–C–N with tert-alkyl or cyclic N) is 1. The van der Waals surface area contributed by atoms with Gasteiger partial charge in [-0.25, -0.2) is 4.79 Å². The summed E-state index contributed by atoms with van der Waals surface area (Å²) in [6, 6.07) is 0. The van der Waals surface area contributed by atoms with Crippen LogP contribution < -0.4 is 0 Å². The Morgan fingerprint density at radius 1 is 1.56 bits per heavy atom. The molecular formula is C10H17N3O3. The second-order valence-electron chi connectivity index (χ2n) is 5.40. The van der Waals surface area contributed by atoms with Crippen LogP contribution in [0.2, 0.25) is 0 Å². The van der Waals surface area contributed by atoms with Gasteiger partial charge >= 0.3 is 6.09 Å². The van der Waals surface area contributed by atoms with Crippen molar-refractivity contribution in [2.24, 2.45) is 11.0 Å². The highest BCUT2D eigenvalue weighted by atomic mass is 16.4. The predicted molar refractivity (Wildman–Crippen MR) is 58.1 cm³/mol. The fraction of sp³-hybridized carbons (Fsp3) is 0.800. The maximum absolute atomic E-state index is 10.9. The average Bonchev–Trinajstić information content (AvgIpc) is 2.54. The summed E-state index contributed by atoms with van der Waals surface area (Å²) in [5, 5.41) is 25.3. The van der Waals surface area contributed by atoms with Crippen LogP contribution in [0.4, 0.5) is 4.79 Å². The molecule has 6 nitrogen and oxygen atoms in total. The second-order valence-corrected chi connectivity index (χ2v) is 5.40. The Bertz CT molecular complexity index is 350. The summed E-state index contributed by atoms with van der Waals surface area (Å²) in [4.78, 5) is 12.1. The minimum atomic E-state index is -1.18. The molecule has 1 fully saturated rings. The van der Waals surface area contributed by atoms with E-state index in [1.807, 2.05) is 20.8 Å². The summed E-state index contributed by atoms with van der Waals surface area (Å²) in [6.45, 7) is 6.21. The van der Waals surface area contributed by atoms with Gasteiger partial charge in [0.25, 0.3) is 0 Å². The predicted octanol–water partition coefficient (Wildman–Crippen LogP) is 0.385. The van der Waals surface area contributed by atoms with Crippen LogP contribution in [0.25, 0.3) is 0 Å². The third-order valence-corrected chi connectivity index (χ3v) is 3.07. The van der Waals surface area contributed by atoms with Crippen LogP contribution >= 0.6 is 0 Å². The van der Waals surface area contributed by atoms with Crippen LogP contribution in [0.15, 0.2) is 5.10 Å². The van der Waals surface area contributed by atoms with Gasteiger partial charge in [0.15, 0.2) is 5.72 Å². The largest absolute Gasteiger partial charge is 0.465 e. The monoisotopic (exact) mass is 227 g/mol. The molecule has 2 atom stereocenters. The highest BCUT2D eigenvalue weighted by Gasteiger charge is 2.56. The van der Waals surface area contributed by atoms with Crippen molar-refractivity contribution >= 4 is 12.3 Å². The number of likely N-dealkylation sites (tertiary alicyclic amines) is 1. The van der Waals surface area contributed by atoms with Crippen molar-refractivity contribution in [3.63, 3.8) is 0 Å². The number of carbonyl (C=O) groups is 1. The number of carboxylic acid groups (broad SMARTS) is 1. The zero-order valence-electron chi connectivity index (χ0n) is 9.71. The summed E-state index contributed by atoms with van der Waals surface area (Å²) in [7, 11) is 0. The number of amides is 1. The molecule has 0 aliphatic carbocycles. The molecule has 1 amide bonds. The van der Waals surface area contributed by atoms with Crippen molar-refractivity contribution in [3.8, 4) is 0 Å². The van der Waals surface area contributed by atoms with Crippen LogP contribution in [-0.4, -0.2) is 56.8 Å². The molecule has 0 bridgehead atoms. The summed E-state index contributed by atoms with van der Waals surface area (Å²) in [6.07, 6.45) is 0.652. The molecule has 1 saturated heterocycles. The molecule has 0 aromatic rings. The summed E-state index contributed by atoms with van der Waals surface area (Å²) >= 11 is 0. The van der Waals surface area contributed by atoms with Crippen LogP contribution in [0.5, 0.6) is 0 Å². The van der Waals surface area contributed by atoms with Gasteiger partial charge in [-0.3, -0.25) is 5.01 Å². The van der Waals surface area contributed by atoms with Crippen molar-refractivity contribution in [1.82, 2.24) is 9.91 Å². The fourth-order valence-electron chi connectivity index (χ4n) is 2.38. The van der Waals surface area contributed by atoms with Crippen LogP contribution in [0, 0.1) is 5.92 Å². The molecule has 0 aromatic heterocycles. The van der Waals surface area contributed by atoms with Gasteiger partial charge < -0.3 is 15.1 Å². The van der Waals surface area contributed by atoms with Crippen molar-refractivity contribution in [2.45, 2.75) is 32.0 Å². The van der Waals surface area contributed by atoms with Crippen molar-refractivity contribution in [3.05, 3.63) is 0 Å². The lowest BCUT2D eigenvalue weighted by Gasteiger charge is -2.41. The number of hydrogen-bond donors (Lipinski definition) is 2. The SMILES string of the molecule is CC(C)(C)N1N=CC2CN(C(=O)O)CC21O. The molecule has 0 aromatic carbocycles. The Kier molecular flexibility index (Phi) is 2.17. The molecule has 6 heteroatoms. The Balaban J connectivity index is 2.25. The molecule has 0 radical (unpaired) electrons. The van der Waals surface area contributed by atoms with Gasteiger partial charge in [-0.1, -0.05) is 0 Å². The van der Waals surface area contributed by atoms with E-state index >= 15 is 0 Å². The minimum absolute atomic E-state index is 0.0876. The van der Waals surface area contributed by atoms with E-state index in [2.05, 4.69) is 5.10 Å². The highest BCUT2D eigenvalue weighted by Crippen LogP contribution is 2.38. The third-order valence-electron chi connectivity index (χ3n) is 3.07. The second kappa shape index (κ2) is 3.10. The van der Waals surface area contributed by atoms with E-state index < -0.39 is 11.8 Å². The van der Waals surface area contributed by atoms with Crippen molar-refractivity contribution < 1.29 is 15.0 Å². The molecule has 0 saturated carbocycles. The van der Waals surface area contributed by atoms with Gasteiger partial charge in [0.2, 0.25) is 0 Å². The van der Waals surface area contributed by atoms with E-state index in [1.165, 1.54) is 4.90 Å². The van der Waals surface area contributed by atoms with E-state index in [0.29, 0.717) is 6.54 Å². The molecule has 2 N–H and O–H groups in total. The quantitative estimate of drug-likeness (QED) is 0.627. The van der Waals surface area contributed by atoms with E-state index in [0.717, 1.165) is 0 Å². The molecule has 16 heavy (non-hydrogen) atoms. The third kappa shape index (κ3) is 1.44. The number of nitrogens with zero attached hydrogens (tertiary/aromatic N) is 3. The van der Waals surface area contributed by atoms with Gasteiger partial charge in [-0.05, 0) is 20.8 Å². The summed E-state index contributed by atoms with van der Waals surface area (Å²) < 4.78 is 0. The van der Waals surface area contributed by atoms with Gasteiger partial charge in [0.1, 0.15) is 0 Å². The van der Waals surface area contributed by atoms with Crippen LogP contribution in [0.1, 0.15) is 20.8 Å². The molecule has 0 spiro atoms. The van der Waals surface area contributed by atoms with Crippen molar-refractivity contribution in [2.75, 3.05) is 13.1 Å². The number of hydrogen-bond acceptors (Lipinski definition) is 4. The Hall–Kier alpha value is -1.30. The average molecular weight is 227 g/mol. The maximum atomic E-state index is 10.9. The standard InChI is InChI=1S/C10H17N3O3/c1-9(2,3)13-10(16)6-12(8(14)15)5-7(10)4-11-13/h4,7,16H,5-6H2,1-3H3,(H,14,15). The number of rotatable bonds is 0. The fourth-order valence-corrected chi connectivity index (χ4v) is 2.38.